The lowest BCUT2D eigenvalue weighted by molar-refractivity contribution is 0.104. The van der Waals surface area contributed by atoms with E-state index in [2.05, 4.69) is 25.6 Å². The van der Waals surface area contributed by atoms with Crippen LogP contribution in [0, 0.1) is 5.92 Å². The van der Waals surface area contributed by atoms with Crippen LogP contribution in [0.3, 0.4) is 0 Å². The standard InChI is InChI=1S/C14H25N5O2/c1-9(2)21-14-18-12(15-3)17-13(19-14)16-8-10-5-4-6-11(20)7-10/h9-11,20H,4-8H2,1-3H3,(H2,15,16,17,18,19). The topological polar surface area (TPSA) is 92.2 Å². The summed E-state index contributed by atoms with van der Waals surface area (Å²) in [7, 11) is 1.76. The molecule has 1 aliphatic carbocycles. The summed E-state index contributed by atoms with van der Waals surface area (Å²) < 4.78 is 5.52. The number of hydrogen-bond acceptors (Lipinski definition) is 7. The molecule has 1 aromatic rings. The largest absolute Gasteiger partial charge is 0.461 e. The Kier molecular flexibility index (Phi) is 5.55. The number of nitrogens with zero attached hydrogens (tertiary/aromatic N) is 3. The molecule has 0 aromatic carbocycles. The molecule has 0 amide bonds. The van der Waals surface area contributed by atoms with Crippen LogP contribution in [0.5, 0.6) is 6.01 Å². The predicted molar refractivity (Wildman–Crippen MR) is 81.6 cm³/mol. The number of anilines is 2. The average Bonchev–Trinajstić information content (AvgIpc) is 2.44. The summed E-state index contributed by atoms with van der Waals surface area (Å²) in [5, 5.41) is 15.8. The highest BCUT2D eigenvalue weighted by Crippen LogP contribution is 2.24. The Balaban J connectivity index is 1.97. The first-order valence-corrected chi connectivity index (χ1v) is 7.59. The summed E-state index contributed by atoms with van der Waals surface area (Å²) >= 11 is 0. The van der Waals surface area contributed by atoms with Gasteiger partial charge in [0.1, 0.15) is 0 Å². The first-order chi connectivity index (χ1) is 10.1. The Bertz CT molecular complexity index is 455. The maximum Gasteiger partial charge on any atom is 0.323 e. The number of rotatable bonds is 6. The molecule has 0 bridgehead atoms. The normalized spacial score (nSPS) is 22.1. The molecule has 1 saturated carbocycles. The van der Waals surface area contributed by atoms with Crippen molar-refractivity contribution in [3.05, 3.63) is 0 Å². The minimum atomic E-state index is -0.170. The van der Waals surface area contributed by atoms with E-state index in [0.29, 0.717) is 23.8 Å². The van der Waals surface area contributed by atoms with Crippen molar-refractivity contribution in [3.63, 3.8) is 0 Å². The molecule has 118 valence electrons. The molecule has 0 saturated heterocycles. The molecule has 3 N–H and O–H groups in total. The molecule has 2 rings (SSSR count). The fourth-order valence-corrected chi connectivity index (χ4v) is 2.49. The summed E-state index contributed by atoms with van der Waals surface area (Å²) in [6.45, 7) is 4.62. The van der Waals surface area contributed by atoms with E-state index in [4.69, 9.17) is 4.74 Å². The van der Waals surface area contributed by atoms with Crippen molar-refractivity contribution in [1.82, 2.24) is 15.0 Å². The van der Waals surface area contributed by atoms with Gasteiger partial charge >= 0.3 is 6.01 Å². The number of hydrogen-bond donors (Lipinski definition) is 3. The van der Waals surface area contributed by atoms with Gasteiger partial charge in [-0.3, -0.25) is 0 Å². The maximum absolute atomic E-state index is 9.70. The first-order valence-electron chi connectivity index (χ1n) is 7.59. The minimum Gasteiger partial charge on any atom is -0.461 e. The number of nitrogens with one attached hydrogen (secondary N) is 2. The second-order valence-corrected chi connectivity index (χ2v) is 5.75. The van der Waals surface area contributed by atoms with Crippen molar-refractivity contribution >= 4 is 11.9 Å². The Morgan fingerprint density at radius 1 is 1.24 bits per heavy atom. The summed E-state index contributed by atoms with van der Waals surface area (Å²) in [5.74, 6) is 1.44. The maximum atomic E-state index is 9.70. The molecule has 1 heterocycles. The summed E-state index contributed by atoms with van der Waals surface area (Å²) in [4.78, 5) is 12.7. The highest BCUT2D eigenvalue weighted by atomic mass is 16.5. The van der Waals surface area contributed by atoms with E-state index in [1.165, 1.54) is 0 Å². The Morgan fingerprint density at radius 3 is 2.67 bits per heavy atom. The van der Waals surface area contributed by atoms with Crippen molar-refractivity contribution in [2.45, 2.75) is 51.7 Å². The highest BCUT2D eigenvalue weighted by Gasteiger charge is 2.20. The highest BCUT2D eigenvalue weighted by molar-refractivity contribution is 5.35. The number of aliphatic hydroxyl groups excluding tert-OH is 1. The zero-order valence-corrected chi connectivity index (χ0v) is 13.0. The molecule has 0 spiro atoms. The van der Waals surface area contributed by atoms with Gasteiger partial charge < -0.3 is 20.5 Å². The van der Waals surface area contributed by atoms with Crippen molar-refractivity contribution in [2.24, 2.45) is 5.92 Å². The van der Waals surface area contributed by atoms with Crippen LogP contribution in [-0.4, -0.2) is 45.9 Å². The van der Waals surface area contributed by atoms with Gasteiger partial charge in [-0.1, -0.05) is 6.42 Å². The van der Waals surface area contributed by atoms with Crippen LogP contribution in [0.25, 0.3) is 0 Å². The summed E-state index contributed by atoms with van der Waals surface area (Å²) in [5.41, 5.74) is 0. The lowest BCUT2D eigenvalue weighted by Crippen LogP contribution is -2.25. The van der Waals surface area contributed by atoms with E-state index in [0.717, 1.165) is 32.2 Å². The molecular weight excluding hydrogens is 270 g/mol. The Hall–Kier alpha value is -1.63. The van der Waals surface area contributed by atoms with Crippen LogP contribution in [0.2, 0.25) is 0 Å². The van der Waals surface area contributed by atoms with Gasteiger partial charge in [0.25, 0.3) is 0 Å². The van der Waals surface area contributed by atoms with Gasteiger partial charge in [-0.15, -0.1) is 0 Å². The molecule has 21 heavy (non-hydrogen) atoms. The van der Waals surface area contributed by atoms with E-state index >= 15 is 0 Å². The van der Waals surface area contributed by atoms with Crippen LogP contribution in [0.1, 0.15) is 39.5 Å². The minimum absolute atomic E-state index is 0.0125. The number of aromatic nitrogens is 3. The third kappa shape index (κ3) is 5.00. The summed E-state index contributed by atoms with van der Waals surface area (Å²) in [6.07, 6.45) is 3.80. The van der Waals surface area contributed by atoms with Crippen molar-refractivity contribution in [2.75, 3.05) is 24.2 Å². The van der Waals surface area contributed by atoms with E-state index in [1.807, 2.05) is 13.8 Å². The average molecular weight is 295 g/mol. The Labute approximate surface area is 125 Å². The fourth-order valence-electron chi connectivity index (χ4n) is 2.49. The van der Waals surface area contributed by atoms with Gasteiger partial charge in [-0.05, 0) is 39.0 Å². The summed E-state index contributed by atoms with van der Waals surface area (Å²) in [6, 6.07) is 0.315. The van der Waals surface area contributed by atoms with Crippen LogP contribution in [-0.2, 0) is 0 Å². The third-order valence-electron chi connectivity index (χ3n) is 3.48. The zero-order chi connectivity index (χ0) is 15.2. The van der Waals surface area contributed by atoms with Gasteiger partial charge in [-0.2, -0.15) is 15.0 Å². The molecule has 2 unspecified atom stereocenters. The van der Waals surface area contributed by atoms with Gasteiger partial charge in [0, 0.05) is 13.6 Å². The molecule has 1 fully saturated rings. The van der Waals surface area contributed by atoms with E-state index in [-0.39, 0.29) is 12.2 Å². The molecular formula is C14H25N5O2. The van der Waals surface area contributed by atoms with Crippen LogP contribution >= 0.6 is 0 Å². The van der Waals surface area contributed by atoms with Crippen LogP contribution < -0.4 is 15.4 Å². The number of ether oxygens (including phenoxy) is 1. The molecule has 2 atom stereocenters. The monoisotopic (exact) mass is 295 g/mol. The molecule has 0 aliphatic heterocycles. The lowest BCUT2D eigenvalue weighted by Gasteiger charge is -2.25. The third-order valence-corrected chi connectivity index (χ3v) is 3.48. The second kappa shape index (κ2) is 7.40. The van der Waals surface area contributed by atoms with E-state index in [1.54, 1.807) is 7.05 Å². The second-order valence-electron chi connectivity index (χ2n) is 5.75. The molecule has 7 nitrogen and oxygen atoms in total. The quantitative estimate of drug-likeness (QED) is 0.735. The van der Waals surface area contributed by atoms with Crippen LogP contribution in [0.4, 0.5) is 11.9 Å². The molecule has 1 aromatic heterocycles. The van der Waals surface area contributed by atoms with Gasteiger partial charge in [-0.25, -0.2) is 0 Å². The van der Waals surface area contributed by atoms with Crippen molar-refractivity contribution in [3.8, 4) is 6.01 Å². The molecule has 7 heteroatoms. The van der Waals surface area contributed by atoms with Crippen molar-refractivity contribution < 1.29 is 9.84 Å². The van der Waals surface area contributed by atoms with Gasteiger partial charge in [0.15, 0.2) is 0 Å². The van der Waals surface area contributed by atoms with Crippen molar-refractivity contribution in [1.29, 1.82) is 0 Å². The lowest BCUT2D eigenvalue weighted by atomic mass is 9.87. The van der Waals surface area contributed by atoms with E-state index < -0.39 is 0 Å². The van der Waals surface area contributed by atoms with Crippen LogP contribution in [0.15, 0.2) is 0 Å². The fraction of sp³-hybridized carbons (Fsp3) is 0.786. The molecule has 0 radical (unpaired) electrons. The predicted octanol–water partition coefficient (Wildman–Crippen LogP) is 1.66. The first kappa shape index (κ1) is 15.8. The zero-order valence-electron chi connectivity index (χ0n) is 13.0. The number of aliphatic hydroxyl groups is 1. The molecule has 1 aliphatic rings. The SMILES string of the molecule is CNc1nc(NCC2CCCC(O)C2)nc(OC(C)C)n1. The van der Waals surface area contributed by atoms with E-state index in [9.17, 15) is 5.11 Å². The van der Waals surface area contributed by atoms with Gasteiger partial charge in [0.2, 0.25) is 11.9 Å². The van der Waals surface area contributed by atoms with Gasteiger partial charge in [0.05, 0.1) is 12.2 Å². The Morgan fingerprint density at radius 2 is 2.00 bits per heavy atom. The smallest absolute Gasteiger partial charge is 0.323 e.